The van der Waals surface area contributed by atoms with E-state index in [0.717, 1.165) is 67.4 Å². The molecular weight excluding hydrogens is 936 g/mol. The molecule has 0 atom stereocenters. The van der Waals surface area contributed by atoms with Crippen LogP contribution in [-0.2, 0) is 6.18 Å². The maximum absolute atomic E-state index is 16.0. The van der Waals surface area contributed by atoms with Gasteiger partial charge in [0.15, 0.2) is 11.6 Å². The summed E-state index contributed by atoms with van der Waals surface area (Å²) in [5.74, 6) is 0.0862. The fourth-order valence-electron chi connectivity index (χ4n) is 9.64. The number of nitriles is 2. The fraction of sp³-hybridized carbons (Fsp3) is 0.0154. The molecule has 0 bridgehead atoms. The molecule has 0 saturated carbocycles. The van der Waals surface area contributed by atoms with E-state index in [-0.39, 0.29) is 22.8 Å². The van der Waals surface area contributed by atoms with Gasteiger partial charge in [0.05, 0.1) is 68.3 Å². The van der Waals surface area contributed by atoms with Crippen LogP contribution in [0.3, 0.4) is 0 Å². The monoisotopic (exact) mass is 973 g/mol. The van der Waals surface area contributed by atoms with Crippen LogP contribution in [0, 0.1) is 22.7 Å². The Morgan fingerprint density at radius 1 is 0.347 bits per heavy atom. The summed E-state index contributed by atoms with van der Waals surface area (Å²) >= 11 is 0. The molecule has 10 heteroatoms. The first kappa shape index (κ1) is 45.8. The Morgan fingerprint density at radius 3 is 0.973 bits per heavy atom. The molecule has 0 aliphatic carbocycles. The molecule has 3 aromatic heterocycles. The van der Waals surface area contributed by atoms with Crippen LogP contribution in [0.25, 0.3) is 118 Å². The third-order valence-electron chi connectivity index (χ3n) is 13.3. The van der Waals surface area contributed by atoms with E-state index in [0.29, 0.717) is 50.6 Å². The average Bonchev–Trinajstić information content (AvgIpc) is 3.81. The Kier molecular flexibility index (Phi) is 11.6. The van der Waals surface area contributed by atoms with Crippen LogP contribution in [-0.4, -0.2) is 24.5 Å². The van der Waals surface area contributed by atoms with Crippen molar-refractivity contribution in [2.45, 2.75) is 6.18 Å². The molecule has 0 spiro atoms. The quantitative estimate of drug-likeness (QED) is 0.143. The summed E-state index contributed by atoms with van der Waals surface area (Å²) in [5, 5.41) is 21.0. The highest BCUT2D eigenvalue weighted by Gasteiger charge is 2.35. The van der Waals surface area contributed by atoms with Crippen molar-refractivity contribution < 1.29 is 13.2 Å². The van der Waals surface area contributed by atoms with Crippen LogP contribution in [0.15, 0.2) is 231 Å². The van der Waals surface area contributed by atoms with Gasteiger partial charge in [-0.1, -0.05) is 170 Å². The zero-order valence-corrected chi connectivity index (χ0v) is 39.7. The summed E-state index contributed by atoms with van der Waals surface area (Å²) in [4.78, 5) is 20.8. The highest BCUT2D eigenvalue weighted by molar-refractivity contribution is 6.12. The summed E-state index contributed by atoms with van der Waals surface area (Å²) in [6, 6.07) is 75.1. The molecule has 0 amide bonds. The minimum Gasteiger partial charge on any atom is -0.308 e. The van der Waals surface area contributed by atoms with E-state index in [2.05, 4.69) is 12.1 Å². The SMILES string of the molecule is N#Cc1ccc(-c2ccc3c4ccc(-c5ccc(C#N)cc5)cc4n(-c4c(-c5nc(-c6ccccc6)cc(-c6ccccc6)n5)cc(C(F)(F)F)cc4-c4nc(-c5ccccc5)cc(-c5ccccc5)n4)c3c2)cc1. The van der Waals surface area contributed by atoms with Crippen molar-refractivity contribution in [1.29, 1.82) is 10.5 Å². The van der Waals surface area contributed by atoms with E-state index in [1.165, 1.54) is 0 Å². The standard InChI is InChI=1S/C65H38F3N7/c66-65(67,68)51-35-54(63-71-56(45-13-5-1-6-14-45)37-57(72-63)46-15-7-2-8-16-46)62(55(36-51)64-73-58(47-17-9-3-10-18-47)38-59(74-64)48-19-11-4-12-20-48)75-60-33-49(43-25-21-41(39-69)22-26-43)29-31-52(60)53-32-30-50(34-61(53)75)44-27-23-42(40-70)24-28-44/h1-38H. The number of benzene rings is 9. The first-order chi connectivity index (χ1) is 36.7. The van der Waals surface area contributed by atoms with Crippen LogP contribution in [0.1, 0.15) is 16.7 Å². The highest BCUT2D eigenvalue weighted by Crippen LogP contribution is 2.46. The Bertz CT molecular complexity index is 3820. The van der Waals surface area contributed by atoms with Crippen molar-refractivity contribution in [3.8, 4) is 108 Å². The molecule has 354 valence electrons. The first-order valence-electron chi connectivity index (χ1n) is 24.0. The number of fused-ring (bicyclic) bond motifs is 3. The van der Waals surface area contributed by atoms with Crippen LogP contribution < -0.4 is 0 Å². The van der Waals surface area contributed by atoms with Gasteiger partial charge in [-0.3, -0.25) is 0 Å². The predicted octanol–water partition coefficient (Wildman–Crippen LogP) is 16.5. The van der Waals surface area contributed by atoms with Crippen molar-refractivity contribution in [3.63, 3.8) is 0 Å². The molecule has 75 heavy (non-hydrogen) atoms. The minimum atomic E-state index is -4.85. The van der Waals surface area contributed by atoms with Gasteiger partial charge in [-0.05, 0) is 82.9 Å². The molecule has 12 rings (SSSR count). The highest BCUT2D eigenvalue weighted by atomic mass is 19.4. The maximum atomic E-state index is 16.0. The fourth-order valence-corrected chi connectivity index (χ4v) is 9.64. The van der Waals surface area contributed by atoms with Crippen molar-refractivity contribution >= 4 is 21.8 Å². The van der Waals surface area contributed by atoms with E-state index >= 15 is 13.2 Å². The number of hydrogen-bond acceptors (Lipinski definition) is 6. The van der Waals surface area contributed by atoms with Crippen LogP contribution in [0.4, 0.5) is 13.2 Å². The van der Waals surface area contributed by atoms with E-state index in [4.69, 9.17) is 19.9 Å². The number of rotatable bonds is 9. The number of aromatic nitrogens is 5. The molecule has 7 nitrogen and oxygen atoms in total. The van der Waals surface area contributed by atoms with Crippen molar-refractivity contribution in [3.05, 3.63) is 247 Å². The van der Waals surface area contributed by atoms with Gasteiger partial charge in [0.25, 0.3) is 0 Å². The number of alkyl halides is 3. The summed E-state index contributed by atoms with van der Waals surface area (Å²) in [7, 11) is 0. The molecule has 0 unspecified atom stereocenters. The molecule has 0 radical (unpaired) electrons. The van der Waals surface area contributed by atoms with Gasteiger partial charge < -0.3 is 4.57 Å². The van der Waals surface area contributed by atoms with Crippen molar-refractivity contribution in [2.75, 3.05) is 0 Å². The first-order valence-corrected chi connectivity index (χ1v) is 24.0. The summed E-state index contributed by atoms with van der Waals surface area (Å²) in [5.41, 5.74) is 10.1. The lowest BCUT2D eigenvalue weighted by atomic mass is 9.98. The van der Waals surface area contributed by atoms with Crippen LogP contribution in [0.2, 0.25) is 0 Å². The second kappa shape index (κ2) is 19.0. The van der Waals surface area contributed by atoms with Crippen LogP contribution in [0.5, 0.6) is 0 Å². The molecule has 0 N–H and O–H groups in total. The zero-order chi connectivity index (χ0) is 51.0. The second-order valence-electron chi connectivity index (χ2n) is 18.0. The van der Waals surface area contributed by atoms with E-state index in [1.54, 1.807) is 24.3 Å². The smallest absolute Gasteiger partial charge is 0.308 e. The predicted molar refractivity (Wildman–Crippen MR) is 290 cm³/mol. The third kappa shape index (κ3) is 8.84. The van der Waals surface area contributed by atoms with Gasteiger partial charge in [0, 0.05) is 44.2 Å². The molecule has 12 aromatic rings. The van der Waals surface area contributed by atoms with Crippen LogP contribution >= 0.6 is 0 Å². The Labute approximate surface area is 429 Å². The molecule has 0 aliphatic heterocycles. The minimum absolute atomic E-state index is 0.0431. The van der Waals surface area contributed by atoms with Gasteiger partial charge in [-0.15, -0.1) is 0 Å². The summed E-state index contributed by atoms with van der Waals surface area (Å²) < 4.78 is 50.0. The molecule has 0 fully saturated rings. The molecule has 9 aromatic carbocycles. The van der Waals surface area contributed by atoms with Crippen molar-refractivity contribution in [1.82, 2.24) is 24.5 Å². The molecule has 0 saturated heterocycles. The van der Waals surface area contributed by atoms with Gasteiger partial charge in [-0.2, -0.15) is 23.7 Å². The largest absolute Gasteiger partial charge is 0.416 e. The summed E-state index contributed by atoms with van der Waals surface area (Å²) in [6.07, 6.45) is -4.85. The normalized spacial score (nSPS) is 11.4. The number of halogens is 3. The van der Waals surface area contributed by atoms with Gasteiger partial charge in [-0.25, -0.2) is 19.9 Å². The van der Waals surface area contributed by atoms with E-state index < -0.39 is 11.7 Å². The van der Waals surface area contributed by atoms with Gasteiger partial charge in [0.2, 0.25) is 0 Å². The third-order valence-corrected chi connectivity index (χ3v) is 13.3. The van der Waals surface area contributed by atoms with E-state index in [9.17, 15) is 10.5 Å². The lowest BCUT2D eigenvalue weighted by molar-refractivity contribution is -0.137. The van der Waals surface area contributed by atoms with Crippen molar-refractivity contribution in [2.24, 2.45) is 0 Å². The maximum Gasteiger partial charge on any atom is 0.416 e. The number of nitrogens with zero attached hydrogens (tertiary/aromatic N) is 7. The van der Waals surface area contributed by atoms with Gasteiger partial charge in [0.1, 0.15) is 0 Å². The Morgan fingerprint density at radius 2 is 0.667 bits per heavy atom. The zero-order valence-electron chi connectivity index (χ0n) is 39.7. The average molecular weight is 974 g/mol. The molecule has 0 aliphatic rings. The van der Waals surface area contributed by atoms with E-state index in [1.807, 2.05) is 199 Å². The molecule has 3 heterocycles. The Hall–Kier alpha value is -10.3. The lowest BCUT2D eigenvalue weighted by Crippen LogP contribution is -2.11. The van der Waals surface area contributed by atoms with Gasteiger partial charge >= 0.3 is 6.18 Å². The number of hydrogen-bond donors (Lipinski definition) is 0. The summed E-state index contributed by atoms with van der Waals surface area (Å²) in [6.45, 7) is 0. The Balaban J connectivity index is 1.27. The topological polar surface area (TPSA) is 104 Å². The lowest BCUT2D eigenvalue weighted by Gasteiger charge is -2.22. The molecular formula is C65H38F3N7. The second-order valence-corrected chi connectivity index (χ2v) is 18.0.